The number of ether oxygens (including phenoxy) is 2. The van der Waals surface area contributed by atoms with Crippen LogP contribution in [0.2, 0.25) is 0 Å². The summed E-state index contributed by atoms with van der Waals surface area (Å²) in [7, 11) is 1.40. The minimum atomic E-state index is -0.343. The van der Waals surface area contributed by atoms with Gasteiger partial charge in [0.15, 0.2) is 0 Å². The van der Waals surface area contributed by atoms with Crippen LogP contribution < -0.4 is 4.74 Å². The number of rotatable bonds is 4. The summed E-state index contributed by atoms with van der Waals surface area (Å²) >= 11 is 3.42. The Balaban J connectivity index is 1.86. The van der Waals surface area contributed by atoms with Crippen molar-refractivity contribution in [1.82, 2.24) is 0 Å². The number of aryl methyl sites for hydroxylation is 2. The van der Waals surface area contributed by atoms with Crippen LogP contribution in [0.5, 0.6) is 5.75 Å². The lowest BCUT2D eigenvalue weighted by Crippen LogP contribution is -2.10. The highest BCUT2D eigenvalue weighted by atomic mass is 79.9. The zero-order valence-electron chi connectivity index (χ0n) is 13.1. The topological polar surface area (TPSA) is 35.5 Å². The van der Waals surface area contributed by atoms with Crippen LogP contribution in [-0.2, 0) is 24.2 Å². The number of halogens is 1. The summed E-state index contributed by atoms with van der Waals surface area (Å²) < 4.78 is 11.9. The summed E-state index contributed by atoms with van der Waals surface area (Å²) in [6.07, 6.45) is 4.43. The summed E-state index contributed by atoms with van der Waals surface area (Å²) in [5.74, 6) is 0.268. The Bertz CT molecular complexity index is 707. The van der Waals surface area contributed by atoms with E-state index in [2.05, 4.69) is 15.9 Å². The molecule has 3 nitrogen and oxygen atoms in total. The van der Waals surface area contributed by atoms with Crippen LogP contribution in [0, 0.1) is 0 Å². The minimum absolute atomic E-state index is 0.343. The van der Waals surface area contributed by atoms with E-state index < -0.39 is 0 Å². The first kappa shape index (κ1) is 16.1. The smallest absolute Gasteiger partial charge is 0.341 e. The van der Waals surface area contributed by atoms with Gasteiger partial charge in [-0.2, -0.15) is 0 Å². The number of carbonyl (C=O) groups is 1. The molecule has 120 valence electrons. The third-order valence-corrected chi connectivity index (χ3v) is 4.69. The van der Waals surface area contributed by atoms with Gasteiger partial charge in [-0.05, 0) is 66.6 Å². The first-order valence-corrected chi connectivity index (χ1v) is 8.58. The van der Waals surface area contributed by atoms with Gasteiger partial charge in [0.1, 0.15) is 17.9 Å². The second kappa shape index (κ2) is 7.18. The molecule has 2 aromatic carbocycles. The van der Waals surface area contributed by atoms with Crippen molar-refractivity contribution < 1.29 is 14.3 Å². The summed E-state index contributed by atoms with van der Waals surface area (Å²) in [6.45, 7) is 0.427. The molecule has 1 aliphatic rings. The Morgan fingerprint density at radius 2 is 1.74 bits per heavy atom. The summed E-state index contributed by atoms with van der Waals surface area (Å²) in [5.41, 5.74) is 4.11. The zero-order valence-corrected chi connectivity index (χ0v) is 14.7. The highest BCUT2D eigenvalue weighted by Gasteiger charge is 2.19. The molecule has 23 heavy (non-hydrogen) atoms. The number of hydrogen-bond donors (Lipinski definition) is 0. The van der Waals surface area contributed by atoms with Gasteiger partial charge >= 0.3 is 5.97 Å². The molecule has 0 aliphatic heterocycles. The van der Waals surface area contributed by atoms with Crippen molar-refractivity contribution in [3.8, 4) is 5.75 Å². The summed E-state index contributed by atoms with van der Waals surface area (Å²) in [5, 5.41) is 0. The fraction of sp³-hybridized carbons (Fsp3) is 0.316. The molecule has 0 heterocycles. The SMILES string of the molecule is COC(=O)c1cc2c(cc1OCc1ccc(Br)cc1)CCCC2. The Morgan fingerprint density at radius 3 is 2.39 bits per heavy atom. The molecule has 0 aromatic heterocycles. The van der Waals surface area contributed by atoms with Crippen molar-refractivity contribution in [2.24, 2.45) is 0 Å². The molecule has 3 rings (SSSR count). The number of esters is 1. The molecule has 0 bridgehead atoms. The molecule has 0 N–H and O–H groups in total. The molecule has 0 saturated heterocycles. The fourth-order valence-corrected chi connectivity index (χ4v) is 3.16. The third-order valence-electron chi connectivity index (χ3n) is 4.16. The van der Waals surface area contributed by atoms with E-state index in [9.17, 15) is 4.79 Å². The van der Waals surface area contributed by atoms with Gasteiger partial charge in [0.25, 0.3) is 0 Å². The lowest BCUT2D eigenvalue weighted by Gasteiger charge is -2.19. The Kier molecular flexibility index (Phi) is 5.01. The van der Waals surface area contributed by atoms with E-state index in [0.717, 1.165) is 22.9 Å². The van der Waals surface area contributed by atoms with E-state index >= 15 is 0 Å². The lowest BCUT2D eigenvalue weighted by molar-refractivity contribution is 0.0595. The van der Waals surface area contributed by atoms with Gasteiger partial charge in [0.05, 0.1) is 7.11 Å². The zero-order chi connectivity index (χ0) is 16.2. The van der Waals surface area contributed by atoms with Gasteiger partial charge < -0.3 is 9.47 Å². The quantitative estimate of drug-likeness (QED) is 0.727. The van der Waals surface area contributed by atoms with Crippen LogP contribution in [0.25, 0.3) is 0 Å². The number of methoxy groups -OCH3 is 1. The summed E-state index contributed by atoms with van der Waals surface area (Å²) in [4.78, 5) is 12.1. The van der Waals surface area contributed by atoms with Gasteiger partial charge in [-0.25, -0.2) is 4.79 Å². The number of fused-ring (bicyclic) bond motifs is 1. The van der Waals surface area contributed by atoms with E-state index in [1.54, 1.807) is 0 Å². The van der Waals surface area contributed by atoms with Crippen molar-refractivity contribution >= 4 is 21.9 Å². The third kappa shape index (κ3) is 3.75. The minimum Gasteiger partial charge on any atom is -0.488 e. The average Bonchev–Trinajstić information content (AvgIpc) is 2.59. The monoisotopic (exact) mass is 374 g/mol. The molecule has 0 radical (unpaired) electrons. The van der Waals surface area contributed by atoms with Crippen molar-refractivity contribution in [2.45, 2.75) is 32.3 Å². The van der Waals surface area contributed by atoms with E-state index in [4.69, 9.17) is 9.47 Å². The van der Waals surface area contributed by atoms with Gasteiger partial charge in [-0.15, -0.1) is 0 Å². The van der Waals surface area contributed by atoms with Crippen molar-refractivity contribution in [1.29, 1.82) is 0 Å². The van der Waals surface area contributed by atoms with E-state index in [-0.39, 0.29) is 5.97 Å². The normalized spacial score (nSPS) is 13.3. The molecule has 0 amide bonds. The predicted octanol–water partition coefficient (Wildman–Crippen LogP) is 4.69. The van der Waals surface area contributed by atoms with E-state index in [1.165, 1.54) is 31.1 Å². The first-order valence-electron chi connectivity index (χ1n) is 7.79. The molecule has 1 aliphatic carbocycles. The van der Waals surface area contributed by atoms with Gasteiger partial charge in [0.2, 0.25) is 0 Å². The lowest BCUT2D eigenvalue weighted by atomic mass is 9.90. The second-order valence-electron chi connectivity index (χ2n) is 5.73. The Morgan fingerprint density at radius 1 is 1.09 bits per heavy atom. The molecule has 2 aromatic rings. The average molecular weight is 375 g/mol. The summed E-state index contributed by atoms with van der Waals surface area (Å²) in [6, 6.07) is 11.9. The predicted molar refractivity (Wildman–Crippen MR) is 92.9 cm³/mol. The van der Waals surface area contributed by atoms with Crippen molar-refractivity contribution in [2.75, 3.05) is 7.11 Å². The molecule has 0 spiro atoms. The number of hydrogen-bond acceptors (Lipinski definition) is 3. The van der Waals surface area contributed by atoms with E-state index in [0.29, 0.717) is 17.9 Å². The molecule has 0 atom stereocenters. The fourth-order valence-electron chi connectivity index (χ4n) is 2.89. The van der Waals surface area contributed by atoms with Gasteiger partial charge in [-0.3, -0.25) is 0 Å². The maximum atomic E-state index is 12.1. The Hall–Kier alpha value is -1.81. The van der Waals surface area contributed by atoms with E-state index in [1.807, 2.05) is 36.4 Å². The number of benzene rings is 2. The highest BCUT2D eigenvalue weighted by molar-refractivity contribution is 9.10. The van der Waals surface area contributed by atoms with Crippen LogP contribution >= 0.6 is 15.9 Å². The van der Waals surface area contributed by atoms with Crippen LogP contribution in [0.3, 0.4) is 0 Å². The van der Waals surface area contributed by atoms with Crippen LogP contribution in [0.15, 0.2) is 40.9 Å². The van der Waals surface area contributed by atoms with Crippen molar-refractivity contribution in [3.63, 3.8) is 0 Å². The standard InChI is InChI=1S/C19H19BrO3/c1-22-19(21)17-10-14-4-2-3-5-15(14)11-18(17)23-12-13-6-8-16(20)9-7-13/h6-11H,2-5,12H2,1H3. The molecule has 0 fully saturated rings. The maximum Gasteiger partial charge on any atom is 0.341 e. The van der Waals surface area contributed by atoms with Gasteiger partial charge in [0, 0.05) is 4.47 Å². The second-order valence-corrected chi connectivity index (χ2v) is 6.65. The molecule has 4 heteroatoms. The maximum absolute atomic E-state index is 12.1. The first-order chi connectivity index (χ1) is 11.2. The van der Waals surface area contributed by atoms with Crippen LogP contribution in [0.1, 0.15) is 39.9 Å². The molecular formula is C19H19BrO3. The molecule has 0 unspecified atom stereocenters. The van der Waals surface area contributed by atoms with Crippen LogP contribution in [0.4, 0.5) is 0 Å². The van der Waals surface area contributed by atoms with Gasteiger partial charge in [-0.1, -0.05) is 28.1 Å². The molecule has 0 saturated carbocycles. The largest absolute Gasteiger partial charge is 0.488 e. The van der Waals surface area contributed by atoms with Crippen LogP contribution in [-0.4, -0.2) is 13.1 Å². The Labute approximate surface area is 144 Å². The molecular weight excluding hydrogens is 356 g/mol. The highest BCUT2D eigenvalue weighted by Crippen LogP contribution is 2.30. The van der Waals surface area contributed by atoms with Crippen molar-refractivity contribution in [3.05, 3.63) is 63.1 Å². The number of carbonyl (C=O) groups excluding carboxylic acids is 1.